The van der Waals surface area contributed by atoms with Crippen molar-refractivity contribution in [3.63, 3.8) is 0 Å². The molecule has 0 atom stereocenters. The topological polar surface area (TPSA) is 96.4 Å². The molecule has 0 aliphatic heterocycles. The number of rotatable bonds is 9. The van der Waals surface area contributed by atoms with Crippen LogP contribution in [-0.2, 0) is 34.1 Å². The first kappa shape index (κ1) is 22.6. The zero-order valence-corrected chi connectivity index (χ0v) is 18.9. The van der Waals surface area contributed by atoms with Crippen LogP contribution < -0.4 is 5.32 Å². The first-order valence-corrected chi connectivity index (χ1v) is 12.3. The van der Waals surface area contributed by atoms with Crippen LogP contribution in [-0.4, -0.2) is 49.5 Å². The maximum absolute atomic E-state index is 12.6. The van der Waals surface area contributed by atoms with Crippen LogP contribution in [0.1, 0.15) is 52.1 Å². The van der Waals surface area contributed by atoms with E-state index in [1.54, 1.807) is 11.3 Å². The third-order valence-electron chi connectivity index (χ3n) is 5.11. The van der Waals surface area contributed by atoms with Gasteiger partial charge in [-0.3, -0.25) is 9.59 Å². The van der Waals surface area contributed by atoms with Gasteiger partial charge in [-0.1, -0.05) is 12.1 Å². The van der Waals surface area contributed by atoms with E-state index in [1.165, 1.54) is 61.6 Å². The Kier molecular flexibility index (Phi) is 7.38. The monoisotopic (exact) mass is 449 g/mol. The molecule has 1 aliphatic rings. The zero-order valence-electron chi connectivity index (χ0n) is 17.3. The van der Waals surface area contributed by atoms with E-state index in [-0.39, 0.29) is 23.1 Å². The SMILES string of the molecule is CC(=O)c1ccc(S(=O)(=O)N(C)CC(=O)NCCCc2nc3c(s2)CCCC3)cc1. The second-order valence-corrected chi connectivity index (χ2v) is 10.7. The number of nitrogens with one attached hydrogen (secondary N) is 1. The number of fused-ring (bicyclic) bond motifs is 1. The molecule has 1 aromatic carbocycles. The van der Waals surface area contributed by atoms with E-state index in [9.17, 15) is 18.0 Å². The summed E-state index contributed by atoms with van der Waals surface area (Å²) in [5, 5.41) is 3.90. The average molecular weight is 450 g/mol. The van der Waals surface area contributed by atoms with Crippen LogP contribution in [0.15, 0.2) is 29.2 Å². The molecular formula is C21H27N3O4S2. The molecular weight excluding hydrogens is 422 g/mol. The number of carbonyl (C=O) groups excluding carboxylic acids is 2. The van der Waals surface area contributed by atoms with Gasteiger partial charge in [0.05, 0.1) is 22.1 Å². The highest BCUT2D eigenvalue weighted by atomic mass is 32.2. The summed E-state index contributed by atoms with van der Waals surface area (Å²) in [7, 11) is -2.43. The maximum Gasteiger partial charge on any atom is 0.243 e. The molecule has 1 aromatic heterocycles. The number of hydrogen-bond donors (Lipinski definition) is 1. The Bertz CT molecular complexity index is 990. The van der Waals surface area contributed by atoms with Crippen LogP contribution >= 0.6 is 11.3 Å². The van der Waals surface area contributed by atoms with Crippen molar-refractivity contribution in [3.05, 3.63) is 45.4 Å². The van der Waals surface area contributed by atoms with Crippen molar-refractivity contribution in [3.8, 4) is 0 Å². The molecule has 9 heteroatoms. The molecule has 1 heterocycles. The Hall–Kier alpha value is -2.10. The number of aromatic nitrogens is 1. The molecule has 0 saturated carbocycles. The quantitative estimate of drug-likeness (QED) is 0.469. The molecule has 0 unspecified atom stereocenters. The summed E-state index contributed by atoms with van der Waals surface area (Å²) < 4.78 is 26.2. The Balaban J connectivity index is 1.45. The van der Waals surface area contributed by atoms with E-state index in [1.807, 2.05) is 0 Å². The molecule has 0 radical (unpaired) electrons. The number of ketones is 1. The number of benzene rings is 1. The summed E-state index contributed by atoms with van der Waals surface area (Å²) in [6, 6.07) is 5.71. The van der Waals surface area contributed by atoms with Gasteiger partial charge in [0.25, 0.3) is 0 Å². The lowest BCUT2D eigenvalue weighted by Gasteiger charge is -2.17. The number of thiazole rings is 1. The molecule has 0 spiro atoms. The van der Waals surface area contributed by atoms with Gasteiger partial charge in [0, 0.05) is 30.5 Å². The van der Waals surface area contributed by atoms with Crippen molar-refractivity contribution in [2.24, 2.45) is 0 Å². The van der Waals surface area contributed by atoms with E-state index >= 15 is 0 Å². The van der Waals surface area contributed by atoms with Crippen molar-refractivity contribution in [2.75, 3.05) is 20.1 Å². The van der Waals surface area contributed by atoms with Crippen LogP contribution in [0.5, 0.6) is 0 Å². The fourth-order valence-electron chi connectivity index (χ4n) is 3.36. The molecule has 1 N–H and O–H groups in total. The highest BCUT2D eigenvalue weighted by molar-refractivity contribution is 7.89. The van der Waals surface area contributed by atoms with E-state index in [0.717, 1.165) is 35.0 Å². The first-order chi connectivity index (χ1) is 14.3. The molecule has 2 aromatic rings. The number of nitrogens with zero attached hydrogens (tertiary/aromatic N) is 2. The Morgan fingerprint density at radius 2 is 1.87 bits per heavy atom. The second kappa shape index (κ2) is 9.80. The molecule has 0 saturated heterocycles. The Morgan fingerprint density at radius 3 is 2.53 bits per heavy atom. The molecule has 3 rings (SSSR count). The highest BCUT2D eigenvalue weighted by Gasteiger charge is 2.23. The van der Waals surface area contributed by atoms with Gasteiger partial charge in [-0.15, -0.1) is 11.3 Å². The van der Waals surface area contributed by atoms with Crippen molar-refractivity contribution < 1.29 is 18.0 Å². The van der Waals surface area contributed by atoms with Crippen LogP contribution in [0.2, 0.25) is 0 Å². The third-order valence-corrected chi connectivity index (χ3v) is 8.15. The number of hydrogen-bond acceptors (Lipinski definition) is 6. The van der Waals surface area contributed by atoms with E-state index in [2.05, 4.69) is 5.32 Å². The van der Waals surface area contributed by atoms with Gasteiger partial charge in [-0.2, -0.15) is 4.31 Å². The van der Waals surface area contributed by atoms with Gasteiger partial charge >= 0.3 is 0 Å². The summed E-state index contributed by atoms with van der Waals surface area (Å²) in [5.74, 6) is -0.482. The van der Waals surface area contributed by atoms with Gasteiger partial charge in [0.2, 0.25) is 15.9 Å². The molecule has 0 bridgehead atoms. The number of aryl methyl sites for hydroxylation is 3. The van der Waals surface area contributed by atoms with Crippen molar-refractivity contribution in [1.82, 2.24) is 14.6 Å². The van der Waals surface area contributed by atoms with Gasteiger partial charge in [0.1, 0.15) is 0 Å². The van der Waals surface area contributed by atoms with Gasteiger partial charge in [-0.25, -0.2) is 13.4 Å². The van der Waals surface area contributed by atoms with Crippen LogP contribution in [0.3, 0.4) is 0 Å². The van der Waals surface area contributed by atoms with Gasteiger partial charge < -0.3 is 5.32 Å². The number of carbonyl (C=O) groups is 2. The summed E-state index contributed by atoms with van der Waals surface area (Å²) in [4.78, 5) is 29.7. The van der Waals surface area contributed by atoms with Crippen molar-refractivity contribution in [1.29, 1.82) is 0 Å². The van der Waals surface area contributed by atoms with E-state index < -0.39 is 10.0 Å². The second-order valence-electron chi connectivity index (χ2n) is 7.48. The number of Topliss-reactive ketones (excluding diaryl/α,β-unsaturated/α-hetero) is 1. The summed E-state index contributed by atoms with van der Waals surface area (Å²) in [6.45, 7) is 1.63. The average Bonchev–Trinajstić information content (AvgIpc) is 3.14. The Labute approximate surface area is 181 Å². The molecule has 0 fully saturated rings. The maximum atomic E-state index is 12.6. The standard InChI is InChI=1S/C21H27N3O4S2/c1-15(25)16-9-11-17(12-10-16)30(27,28)24(2)14-20(26)22-13-5-8-21-23-18-6-3-4-7-19(18)29-21/h9-12H,3-8,13-14H2,1-2H3,(H,22,26). The van der Waals surface area contributed by atoms with Gasteiger partial charge in [-0.05, 0) is 51.2 Å². The van der Waals surface area contributed by atoms with E-state index in [4.69, 9.17) is 4.98 Å². The summed E-state index contributed by atoms with van der Waals surface area (Å²) >= 11 is 1.78. The number of amides is 1. The Morgan fingerprint density at radius 1 is 1.17 bits per heavy atom. The molecule has 7 nitrogen and oxygen atoms in total. The summed E-state index contributed by atoms with van der Waals surface area (Å²) in [6.07, 6.45) is 6.23. The zero-order chi connectivity index (χ0) is 21.7. The highest BCUT2D eigenvalue weighted by Crippen LogP contribution is 2.27. The molecule has 30 heavy (non-hydrogen) atoms. The lowest BCUT2D eigenvalue weighted by atomic mass is 10.0. The minimum atomic E-state index is -3.80. The molecule has 162 valence electrons. The fraction of sp³-hybridized carbons (Fsp3) is 0.476. The van der Waals surface area contributed by atoms with Crippen LogP contribution in [0.4, 0.5) is 0 Å². The predicted molar refractivity (Wildman–Crippen MR) is 116 cm³/mol. The minimum absolute atomic E-state index is 0.0514. The lowest BCUT2D eigenvalue weighted by Crippen LogP contribution is -2.38. The fourth-order valence-corrected chi connectivity index (χ4v) is 5.69. The largest absolute Gasteiger partial charge is 0.355 e. The third kappa shape index (κ3) is 5.53. The minimum Gasteiger partial charge on any atom is -0.355 e. The predicted octanol–water partition coefficient (Wildman–Crippen LogP) is 2.59. The van der Waals surface area contributed by atoms with E-state index in [0.29, 0.717) is 12.1 Å². The van der Waals surface area contributed by atoms with Crippen molar-refractivity contribution in [2.45, 2.75) is 50.3 Å². The smallest absolute Gasteiger partial charge is 0.243 e. The lowest BCUT2D eigenvalue weighted by molar-refractivity contribution is -0.121. The van der Waals surface area contributed by atoms with Crippen LogP contribution in [0.25, 0.3) is 0 Å². The van der Waals surface area contributed by atoms with Gasteiger partial charge in [0.15, 0.2) is 5.78 Å². The summed E-state index contributed by atoms with van der Waals surface area (Å²) in [5.41, 5.74) is 1.68. The molecule has 1 aliphatic carbocycles. The number of likely N-dealkylation sites (N-methyl/N-ethyl adjacent to an activating group) is 1. The number of sulfonamides is 1. The first-order valence-electron chi connectivity index (χ1n) is 10.1. The normalized spacial score (nSPS) is 13.8. The van der Waals surface area contributed by atoms with Crippen LogP contribution in [0, 0.1) is 0 Å². The molecule has 1 amide bonds. The van der Waals surface area contributed by atoms with Crippen molar-refractivity contribution >= 4 is 33.1 Å².